The lowest BCUT2D eigenvalue weighted by atomic mass is 10.1. The third-order valence-corrected chi connectivity index (χ3v) is 3.21. The van der Waals surface area contributed by atoms with Gasteiger partial charge in [-0.25, -0.2) is 0 Å². The molecule has 0 atom stereocenters. The van der Waals surface area contributed by atoms with Crippen LogP contribution in [0.3, 0.4) is 0 Å². The first-order chi connectivity index (χ1) is 7.91. The summed E-state index contributed by atoms with van der Waals surface area (Å²) in [5.74, 6) is 0.664. The fourth-order valence-electron chi connectivity index (χ4n) is 1.86. The fraction of sp³-hybridized carbons (Fsp3) is 1.00. The zero-order valence-electron chi connectivity index (χ0n) is 10.8. The summed E-state index contributed by atoms with van der Waals surface area (Å²) in [6, 6.07) is 0. The second-order valence-electron chi connectivity index (χ2n) is 4.46. The van der Waals surface area contributed by atoms with E-state index in [2.05, 4.69) is 12.2 Å². The van der Waals surface area contributed by atoms with Gasteiger partial charge in [0.05, 0.1) is 5.88 Å². The van der Waals surface area contributed by atoms with Crippen molar-refractivity contribution in [3.8, 4) is 0 Å². The van der Waals surface area contributed by atoms with E-state index in [9.17, 15) is 0 Å². The van der Waals surface area contributed by atoms with Gasteiger partial charge in [0.15, 0.2) is 0 Å². The van der Waals surface area contributed by atoms with Gasteiger partial charge in [0.2, 0.25) is 0 Å². The zero-order chi connectivity index (χ0) is 11.9. The summed E-state index contributed by atoms with van der Waals surface area (Å²) in [6.07, 6.45) is 13.8. The van der Waals surface area contributed by atoms with E-state index in [4.69, 9.17) is 4.55 Å². The zero-order valence-corrected chi connectivity index (χ0v) is 11.7. The fourth-order valence-corrected chi connectivity index (χ4v) is 2.09. The molecule has 0 aromatic carbocycles. The summed E-state index contributed by atoms with van der Waals surface area (Å²) in [5, 5.41) is 3.17. The Labute approximate surface area is 106 Å². The van der Waals surface area contributed by atoms with Gasteiger partial charge in [-0.15, -0.1) is 0 Å². The second-order valence-corrected chi connectivity index (χ2v) is 5.00. The first-order valence-corrected chi connectivity index (χ1v) is 7.83. The molecule has 2 N–H and O–H groups in total. The molecule has 0 spiro atoms. The highest BCUT2D eigenvalue weighted by molar-refractivity contribution is 7.93. The number of rotatable bonds is 13. The number of nitrogens with one attached hydrogen (secondary N) is 1. The quantitative estimate of drug-likeness (QED) is 0.282. The van der Waals surface area contributed by atoms with Gasteiger partial charge in [0, 0.05) is 12.0 Å². The molecule has 0 aliphatic heterocycles. The molecule has 0 aliphatic carbocycles. The number of hydrogen-bond donors (Lipinski definition) is 2. The predicted octanol–water partition coefficient (Wildman–Crippen LogP) is 4.66. The van der Waals surface area contributed by atoms with Crippen molar-refractivity contribution >= 4 is 12.0 Å². The van der Waals surface area contributed by atoms with Crippen molar-refractivity contribution in [2.24, 2.45) is 0 Å². The van der Waals surface area contributed by atoms with Crippen molar-refractivity contribution in [2.45, 2.75) is 71.1 Å². The highest BCUT2D eigenvalue weighted by Crippen LogP contribution is 2.10. The van der Waals surface area contributed by atoms with Crippen LogP contribution in [0.1, 0.15) is 71.1 Å². The smallest absolute Gasteiger partial charge is 0.0683 e. The van der Waals surface area contributed by atoms with E-state index in [0.29, 0.717) is 5.88 Å². The average Bonchev–Trinajstić information content (AvgIpc) is 2.31. The molecule has 0 fully saturated rings. The molecule has 16 heavy (non-hydrogen) atoms. The molecule has 0 aromatic rings. The summed E-state index contributed by atoms with van der Waals surface area (Å²) in [7, 11) is 0. The van der Waals surface area contributed by atoms with Crippen LogP contribution in [0.25, 0.3) is 0 Å². The van der Waals surface area contributed by atoms with E-state index >= 15 is 0 Å². The number of unbranched alkanes of at least 4 members (excludes halogenated alkanes) is 9. The first kappa shape index (κ1) is 16.3. The molecule has 3 heteroatoms. The molecule has 0 saturated heterocycles. The van der Waals surface area contributed by atoms with E-state index < -0.39 is 0 Å². The Morgan fingerprint density at radius 3 is 1.81 bits per heavy atom. The summed E-state index contributed by atoms with van der Waals surface area (Å²) >= 11 is 0.872. The predicted molar refractivity (Wildman–Crippen MR) is 74.9 cm³/mol. The van der Waals surface area contributed by atoms with Crippen molar-refractivity contribution < 1.29 is 4.55 Å². The molecule has 0 radical (unpaired) electrons. The van der Waals surface area contributed by atoms with Gasteiger partial charge in [0.25, 0.3) is 0 Å². The van der Waals surface area contributed by atoms with Crippen molar-refractivity contribution in [3.63, 3.8) is 0 Å². The van der Waals surface area contributed by atoms with Crippen molar-refractivity contribution in [2.75, 3.05) is 12.4 Å². The molecule has 0 heterocycles. The molecule has 98 valence electrons. The maximum atomic E-state index is 8.48. The largest absolute Gasteiger partial charge is 0.329 e. The summed E-state index contributed by atoms with van der Waals surface area (Å²) in [5.41, 5.74) is 0. The van der Waals surface area contributed by atoms with Crippen LogP contribution in [0.4, 0.5) is 0 Å². The monoisotopic (exact) mass is 247 g/mol. The molecular formula is C13H29NOS. The molecule has 0 unspecified atom stereocenters. The average molecular weight is 247 g/mol. The van der Waals surface area contributed by atoms with Crippen molar-refractivity contribution in [1.82, 2.24) is 5.32 Å². The van der Waals surface area contributed by atoms with E-state index in [-0.39, 0.29) is 0 Å². The molecule has 0 aliphatic rings. The van der Waals surface area contributed by atoms with Crippen molar-refractivity contribution in [3.05, 3.63) is 0 Å². The van der Waals surface area contributed by atoms with Crippen LogP contribution in [-0.4, -0.2) is 17.0 Å². The summed E-state index contributed by atoms with van der Waals surface area (Å²) in [6.45, 7) is 3.31. The SMILES string of the molecule is CCCCCCCCCCCCNCSO. The lowest BCUT2D eigenvalue weighted by Gasteiger charge is -2.03. The van der Waals surface area contributed by atoms with Gasteiger partial charge in [-0.05, 0) is 13.0 Å². The Morgan fingerprint density at radius 1 is 0.812 bits per heavy atom. The molecule has 0 rings (SSSR count). The van der Waals surface area contributed by atoms with Crippen LogP contribution in [0.5, 0.6) is 0 Å². The molecule has 2 nitrogen and oxygen atoms in total. The van der Waals surface area contributed by atoms with Crippen LogP contribution in [-0.2, 0) is 0 Å². The van der Waals surface area contributed by atoms with Gasteiger partial charge in [0.1, 0.15) is 0 Å². The molecular weight excluding hydrogens is 218 g/mol. The maximum absolute atomic E-state index is 8.48. The topological polar surface area (TPSA) is 32.3 Å². The van der Waals surface area contributed by atoms with E-state index in [1.54, 1.807) is 0 Å². The van der Waals surface area contributed by atoms with E-state index in [1.807, 2.05) is 0 Å². The second kappa shape index (κ2) is 15.3. The highest BCUT2D eigenvalue weighted by atomic mass is 32.2. The van der Waals surface area contributed by atoms with Crippen LogP contribution in [0, 0.1) is 0 Å². The maximum Gasteiger partial charge on any atom is 0.0683 e. The molecule has 0 saturated carbocycles. The third-order valence-electron chi connectivity index (χ3n) is 2.87. The van der Waals surface area contributed by atoms with Crippen LogP contribution in [0.15, 0.2) is 0 Å². The Hall–Kier alpha value is 0.270. The molecule has 0 amide bonds. The molecule has 0 bridgehead atoms. The van der Waals surface area contributed by atoms with Gasteiger partial charge >= 0.3 is 0 Å². The van der Waals surface area contributed by atoms with Gasteiger partial charge in [-0.3, -0.25) is 0 Å². The van der Waals surface area contributed by atoms with Gasteiger partial charge in [-0.1, -0.05) is 64.7 Å². The lowest BCUT2D eigenvalue weighted by molar-refractivity contribution is 0.549. The normalized spacial score (nSPS) is 10.9. The van der Waals surface area contributed by atoms with E-state index in [0.717, 1.165) is 18.6 Å². The van der Waals surface area contributed by atoms with Crippen LogP contribution < -0.4 is 5.32 Å². The van der Waals surface area contributed by atoms with Gasteiger partial charge in [-0.2, -0.15) is 0 Å². The minimum Gasteiger partial charge on any atom is -0.329 e. The third kappa shape index (κ3) is 14.3. The minimum atomic E-state index is 0.664. The Morgan fingerprint density at radius 2 is 1.31 bits per heavy atom. The Balaban J connectivity index is 2.83. The molecule has 0 aromatic heterocycles. The lowest BCUT2D eigenvalue weighted by Crippen LogP contribution is -2.13. The van der Waals surface area contributed by atoms with Crippen molar-refractivity contribution in [1.29, 1.82) is 0 Å². The van der Waals surface area contributed by atoms with Crippen LogP contribution >= 0.6 is 12.0 Å². The first-order valence-electron chi connectivity index (χ1n) is 6.89. The number of hydrogen-bond acceptors (Lipinski definition) is 3. The summed E-state index contributed by atoms with van der Waals surface area (Å²) < 4.78 is 8.48. The minimum absolute atomic E-state index is 0.664. The summed E-state index contributed by atoms with van der Waals surface area (Å²) in [4.78, 5) is 0. The van der Waals surface area contributed by atoms with Crippen LogP contribution in [0.2, 0.25) is 0 Å². The Kier molecular flexibility index (Phi) is 15.5. The van der Waals surface area contributed by atoms with E-state index in [1.165, 1.54) is 64.2 Å². The standard InChI is InChI=1S/C13H29NOS/c1-2-3-4-5-6-7-8-9-10-11-12-14-13-16-15/h14-15H,2-13H2,1H3. The Bertz CT molecular complexity index is 109. The van der Waals surface area contributed by atoms with Gasteiger partial charge < -0.3 is 9.87 Å². The highest BCUT2D eigenvalue weighted by Gasteiger charge is 1.92.